The lowest BCUT2D eigenvalue weighted by atomic mass is 10.0. The molecule has 4 rings (SSSR count). The van der Waals surface area contributed by atoms with Gasteiger partial charge in [-0.05, 0) is 93.5 Å². The number of primary amides is 4. The van der Waals surface area contributed by atoms with Crippen LogP contribution in [-0.2, 0) is 89.6 Å². The minimum absolute atomic E-state index is 0.0154. The number of aliphatic hydroxyl groups excluding tert-OH is 1. The number of aromatic hydroxyl groups is 1. The summed E-state index contributed by atoms with van der Waals surface area (Å²) in [6.07, 6.45) is -1.05. The number of hydrogen-bond acceptors (Lipinski definition) is 20. The number of para-hydroxylation sites is 1. The van der Waals surface area contributed by atoms with Crippen LogP contribution in [-0.4, -0.2) is 219 Å². The molecule has 3 aromatic rings. The van der Waals surface area contributed by atoms with Gasteiger partial charge in [-0.3, -0.25) is 81.7 Å². The van der Waals surface area contributed by atoms with Gasteiger partial charge in [0.1, 0.15) is 72.2 Å². The quantitative estimate of drug-likeness (QED) is 0.0142. The number of aliphatic hydroxyl groups is 1. The maximum atomic E-state index is 14.7. The lowest BCUT2D eigenvalue weighted by molar-refractivity contribution is -0.141. The van der Waals surface area contributed by atoms with Gasteiger partial charge in [0.05, 0.1) is 38.5 Å². The van der Waals surface area contributed by atoms with Gasteiger partial charge in [0.2, 0.25) is 94.5 Å². The Hall–Kier alpha value is -11.5. The first-order chi connectivity index (χ1) is 49.4. The number of carbonyl (C=O) groups excluding carboxylic acids is 16. The normalized spacial score (nSPS) is 15.7. The van der Waals surface area contributed by atoms with Crippen LogP contribution in [0.3, 0.4) is 0 Å². The van der Waals surface area contributed by atoms with Crippen molar-refractivity contribution >= 4 is 111 Å². The Morgan fingerprint density at radius 1 is 0.543 bits per heavy atom. The van der Waals surface area contributed by atoms with Crippen LogP contribution in [0.4, 0.5) is 0 Å². The number of aliphatic imine (C=N–C) groups is 1. The van der Waals surface area contributed by atoms with E-state index in [9.17, 15) is 86.9 Å². The van der Waals surface area contributed by atoms with Gasteiger partial charge < -0.3 is 119 Å². The Kier molecular flexibility index (Phi) is 34.0. The molecule has 0 bridgehead atoms. The second-order valence-electron chi connectivity index (χ2n) is 26.3. The number of amides is 16. The van der Waals surface area contributed by atoms with Crippen LogP contribution in [0, 0.1) is 11.8 Å². The Labute approximate surface area is 604 Å². The minimum atomic E-state index is -1.99. The maximum Gasteiger partial charge on any atom is 0.245 e. The van der Waals surface area contributed by atoms with E-state index in [-0.39, 0.29) is 67.9 Å². The standard InChI is InChI=1S/C66H99N21O18/c1-31(2)21-39(67)65(105)87-20-10-14-49(87)64(104)85-47(27-52(70)92)61(101)81-43(23-35-15-17-37(89)18-16-35)58(98)83-45(25-50(68)90)60(100)82-44(24-36-28-75-40-12-8-7-11-38(36)40)59(99)84-46(26-51(69)91)62(102)86-48(30-88)63(103)78-34(6)55(95)76-29-53(93)79-42(22-32(3)4)57(97)80-41(13-9-19-74-66(72)73)56(96)77-33(5)54(71)94/h7-8,11-12,15-18,28,31-34,39,41-49,75,88-89H,9-10,13-14,19-27,29-30,67H2,1-6H3,(H2,68,90)(H2,69,91)(H2,70,92)(H2,71,94)(H,76,95)(H,77,96)(H,78,103)(H,79,93)(H,80,97)(H,81,101)(H,82,100)(H,83,98)(H,84,99)(H,85,104)(H,86,102)(H4,72,73,74)/t33-,34-,39-,41-,42-,43-,44-,45-,46-,47-,48-,49-/m0/s1. The molecule has 0 unspecified atom stereocenters. The van der Waals surface area contributed by atoms with E-state index in [1.807, 2.05) is 13.8 Å². The topological polar surface area (TPSA) is 659 Å². The van der Waals surface area contributed by atoms with E-state index in [2.05, 4.69) is 68.5 Å². The van der Waals surface area contributed by atoms with Gasteiger partial charge in [0.25, 0.3) is 0 Å². The molecule has 0 saturated carbocycles. The molecule has 1 saturated heterocycles. The highest BCUT2D eigenvalue weighted by atomic mass is 16.3. The van der Waals surface area contributed by atoms with Gasteiger partial charge in [-0.2, -0.15) is 0 Å². The van der Waals surface area contributed by atoms with Crippen LogP contribution in [0.15, 0.2) is 59.7 Å². The first-order valence-corrected chi connectivity index (χ1v) is 33.9. The zero-order valence-electron chi connectivity index (χ0n) is 59.2. The number of phenolic OH excluding ortho intramolecular Hbond substituents is 1. The van der Waals surface area contributed by atoms with E-state index < -0.39 is 212 Å². The zero-order valence-corrected chi connectivity index (χ0v) is 59.2. The van der Waals surface area contributed by atoms with Crippen molar-refractivity contribution in [2.75, 3.05) is 26.2 Å². The highest BCUT2D eigenvalue weighted by molar-refractivity contribution is 6.02. The van der Waals surface area contributed by atoms with Crippen molar-refractivity contribution in [1.29, 1.82) is 0 Å². The van der Waals surface area contributed by atoms with Gasteiger partial charge in [0, 0.05) is 43.0 Å². The van der Waals surface area contributed by atoms with Gasteiger partial charge >= 0.3 is 0 Å². The van der Waals surface area contributed by atoms with E-state index in [0.717, 1.165) is 6.92 Å². The van der Waals surface area contributed by atoms with Gasteiger partial charge in [-0.1, -0.05) is 58.0 Å². The zero-order chi connectivity index (χ0) is 78.5. The van der Waals surface area contributed by atoms with Crippen molar-refractivity contribution in [3.8, 4) is 5.75 Å². The van der Waals surface area contributed by atoms with Crippen molar-refractivity contribution in [3.05, 3.63) is 65.9 Å². The molecular formula is C66H99N21O18. The highest BCUT2D eigenvalue weighted by Crippen LogP contribution is 2.22. The number of phenols is 1. The fourth-order valence-corrected chi connectivity index (χ4v) is 11.1. The smallest absolute Gasteiger partial charge is 0.245 e. The highest BCUT2D eigenvalue weighted by Gasteiger charge is 2.40. The van der Waals surface area contributed by atoms with Crippen LogP contribution in [0.2, 0.25) is 0 Å². The third-order valence-electron chi connectivity index (χ3n) is 16.5. The van der Waals surface area contributed by atoms with Crippen LogP contribution in [0.25, 0.3) is 10.9 Å². The molecule has 2 aromatic carbocycles. The molecule has 39 nitrogen and oxygen atoms in total. The summed E-state index contributed by atoms with van der Waals surface area (Å²) in [4.78, 5) is 224. The summed E-state index contributed by atoms with van der Waals surface area (Å²) in [5.74, 6) is -17.1. The predicted molar refractivity (Wildman–Crippen MR) is 377 cm³/mol. The number of aromatic nitrogens is 1. The van der Waals surface area contributed by atoms with Crippen LogP contribution in [0.1, 0.15) is 110 Å². The minimum Gasteiger partial charge on any atom is -0.508 e. The molecule has 1 aromatic heterocycles. The maximum absolute atomic E-state index is 14.7. The second-order valence-corrected chi connectivity index (χ2v) is 26.3. The number of H-pyrrole nitrogens is 1. The van der Waals surface area contributed by atoms with E-state index in [4.69, 9.17) is 40.1 Å². The second kappa shape index (κ2) is 41.6. The van der Waals surface area contributed by atoms with Gasteiger partial charge in [-0.25, -0.2) is 0 Å². The summed E-state index contributed by atoms with van der Waals surface area (Å²) in [6, 6.07) is -6.48. The molecule has 105 heavy (non-hydrogen) atoms. The van der Waals surface area contributed by atoms with E-state index in [0.29, 0.717) is 29.3 Å². The number of likely N-dealkylation sites (tertiary alicyclic amines) is 1. The number of benzene rings is 2. The molecule has 0 spiro atoms. The van der Waals surface area contributed by atoms with Gasteiger partial charge in [-0.15, -0.1) is 0 Å². The molecule has 1 aliphatic rings. The number of guanidine groups is 1. The Bertz CT molecular complexity index is 3660. The number of hydrogen-bond donors (Lipinski definition) is 21. The number of rotatable bonds is 43. The molecule has 28 N–H and O–H groups in total. The fraction of sp³-hybridized carbons (Fsp3) is 0.530. The van der Waals surface area contributed by atoms with Crippen molar-refractivity contribution in [1.82, 2.24) is 68.4 Å². The summed E-state index contributed by atoms with van der Waals surface area (Å²) in [5, 5.41) is 47.1. The van der Waals surface area contributed by atoms with Crippen molar-refractivity contribution in [3.63, 3.8) is 0 Å². The predicted octanol–water partition coefficient (Wildman–Crippen LogP) is -7.77. The monoisotopic (exact) mass is 1470 g/mol. The largest absolute Gasteiger partial charge is 0.508 e. The number of nitrogens with two attached hydrogens (primary N) is 7. The molecule has 0 aliphatic carbocycles. The molecule has 39 heteroatoms. The SMILES string of the molecule is CC(C)C[C@H](NC(=O)CNC(=O)[C@H](C)NC(=O)[C@H](CO)NC(=O)[C@H](CC(N)=O)NC(=O)[C@H](Cc1c[nH]c2ccccc12)NC(=O)[C@H](CC(N)=O)NC(=O)[C@H](Cc1ccc(O)cc1)NC(=O)[C@H](CC(N)=O)NC(=O)[C@@H]1CCCN1C(=O)[C@@H](N)CC(C)C)C(=O)N[C@@H](CCCN=C(N)N)C(=O)N[C@@H](C)C(N)=O. The number of nitrogens with one attached hydrogen (secondary N) is 12. The summed E-state index contributed by atoms with van der Waals surface area (Å²) < 4.78 is 0. The van der Waals surface area contributed by atoms with Gasteiger partial charge in [0.15, 0.2) is 5.96 Å². The molecule has 1 aliphatic heterocycles. The molecule has 16 amide bonds. The first-order valence-electron chi connectivity index (χ1n) is 33.9. The average molecular weight is 1470 g/mol. The molecule has 576 valence electrons. The Balaban J connectivity index is 1.55. The summed E-state index contributed by atoms with van der Waals surface area (Å²) in [6.45, 7) is 8.00. The summed E-state index contributed by atoms with van der Waals surface area (Å²) >= 11 is 0. The third kappa shape index (κ3) is 28.7. The third-order valence-corrected chi connectivity index (χ3v) is 16.5. The number of fused-ring (bicyclic) bond motifs is 1. The lowest BCUT2D eigenvalue weighted by Crippen LogP contribution is -2.61. The van der Waals surface area contributed by atoms with Crippen molar-refractivity contribution < 1.29 is 86.9 Å². The Morgan fingerprint density at radius 2 is 1.02 bits per heavy atom. The number of aromatic amines is 1. The van der Waals surface area contributed by atoms with E-state index >= 15 is 0 Å². The van der Waals surface area contributed by atoms with E-state index in [1.54, 1.807) is 38.1 Å². The number of nitrogens with zero attached hydrogens (tertiary/aromatic N) is 2. The van der Waals surface area contributed by atoms with E-state index in [1.165, 1.54) is 42.3 Å². The molecular weight excluding hydrogens is 1370 g/mol. The van der Waals surface area contributed by atoms with Crippen molar-refractivity contribution in [2.45, 2.75) is 185 Å². The number of carbonyl (C=O) groups is 16. The van der Waals surface area contributed by atoms with Crippen LogP contribution in [0.5, 0.6) is 5.75 Å². The van der Waals surface area contributed by atoms with Crippen LogP contribution < -0.4 is 98.6 Å². The van der Waals surface area contributed by atoms with Crippen LogP contribution >= 0.6 is 0 Å². The van der Waals surface area contributed by atoms with Crippen molar-refractivity contribution in [2.24, 2.45) is 57.0 Å². The lowest BCUT2D eigenvalue weighted by Gasteiger charge is -2.29. The molecule has 2 heterocycles. The molecule has 0 radical (unpaired) electrons. The fourth-order valence-electron chi connectivity index (χ4n) is 11.1. The summed E-state index contributed by atoms with van der Waals surface area (Å²) in [5.41, 5.74) is 40.2. The summed E-state index contributed by atoms with van der Waals surface area (Å²) in [7, 11) is 0. The first kappa shape index (κ1) is 85.9. The molecule has 1 fully saturated rings. The molecule has 12 atom stereocenters. The Morgan fingerprint density at radius 3 is 1.55 bits per heavy atom. The average Bonchev–Trinajstić information content (AvgIpc) is 1.23.